The van der Waals surface area contributed by atoms with E-state index < -0.39 is 5.60 Å². The summed E-state index contributed by atoms with van der Waals surface area (Å²) < 4.78 is 6.49. The first-order chi connectivity index (χ1) is 9.89. The van der Waals surface area contributed by atoms with Crippen LogP contribution in [0.25, 0.3) is 0 Å². The molecular formula is C14H20ClNO3S2. The quantitative estimate of drug-likeness (QED) is 0.887. The fourth-order valence-electron chi connectivity index (χ4n) is 2.34. The SMILES string of the molecule is CC1(C)CN(C(=O)CSCc2ccc(Cl)s2)CC(CO)O1. The smallest absolute Gasteiger partial charge is 0.232 e. The number of aliphatic hydroxyl groups is 1. The Morgan fingerprint density at radius 2 is 2.38 bits per heavy atom. The minimum absolute atomic E-state index is 0.0615. The molecule has 4 nitrogen and oxygen atoms in total. The predicted octanol–water partition coefficient (Wildman–Crippen LogP) is 2.63. The topological polar surface area (TPSA) is 49.8 Å². The lowest BCUT2D eigenvalue weighted by atomic mass is 10.1. The minimum atomic E-state index is -0.409. The van der Waals surface area contributed by atoms with Crippen molar-refractivity contribution in [3.05, 3.63) is 21.3 Å². The second-order valence-electron chi connectivity index (χ2n) is 5.66. The van der Waals surface area contributed by atoms with Crippen LogP contribution < -0.4 is 0 Å². The van der Waals surface area contributed by atoms with Crippen LogP contribution in [0.4, 0.5) is 0 Å². The summed E-state index contributed by atoms with van der Waals surface area (Å²) in [5, 5.41) is 9.27. The first-order valence-electron chi connectivity index (χ1n) is 6.78. The molecule has 0 spiro atoms. The molecule has 1 N–H and O–H groups in total. The lowest BCUT2D eigenvalue weighted by Crippen LogP contribution is -2.56. The maximum Gasteiger partial charge on any atom is 0.232 e. The average Bonchev–Trinajstić information content (AvgIpc) is 2.82. The van der Waals surface area contributed by atoms with Gasteiger partial charge in [0.25, 0.3) is 0 Å². The monoisotopic (exact) mass is 349 g/mol. The maximum atomic E-state index is 12.3. The summed E-state index contributed by atoms with van der Waals surface area (Å²) in [5.41, 5.74) is -0.409. The molecule has 1 aromatic heterocycles. The van der Waals surface area contributed by atoms with Crippen LogP contribution in [0.15, 0.2) is 12.1 Å². The first-order valence-corrected chi connectivity index (χ1v) is 9.13. The van der Waals surface area contributed by atoms with E-state index in [0.29, 0.717) is 18.8 Å². The number of ether oxygens (including phenoxy) is 1. The van der Waals surface area contributed by atoms with Crippen molar-refractivity contribution in [1.82, 2.24) is 4.90 Å². The molecule has 0 bridgehead atoms. The summed E-state index contributed by atoms with van der Waals surface area (Å²) in [7, 11) is 0. The van der Waals surface area contributed by atoms with Crippen molar-refractivity contribution in [3.8, 4) is 0 Å². The second-order valence-corrected chi connectivity index (χ2v) is 8.44. The van der Waals surface area contributed by atoms with Crippen molar-refractivity contribution in [2.75, 3.05) is 25.4 Å². The molecule has 2 rings (SSSR count). The predicted molar refractivity (Wildman–Crippen MR) is 88.1 cm³/mol. The summed E-state index contributed by atoms with van der Waals surface area (Å²) in [5.74, 6) is 1.32. The number of hydrogen-bond donors (Lipinski definition) is 1. The van der Waals surface area contributed by atoms with Crippen LogP contribution in [0.2, 0.25) is 4.34 Å². The Morgan fingerprint density at radius 1 is 1.62 bits per heavy atom. The highest BCUT2D eigenvalue weighted by molar-refractivity contribution is 7.99. The van der Waals surface area contributed by atoms with E-state index in [1.165, 1.54) is 4.88 Å². The summed E-state index contributed by atoms with van der Waals surface area (Å²) in [6.45, 7) is 4.84. The standard InChI is InChI=1S/C14H20ClNO3S2/c1-14(2)9-16(5-10(6-17)19-14)13(18)8-20-7-11-3-4-12(15)21-11/h3-4,10,17H,5-9H2,1-2H3. The van der Waals surface area contributed by atoms with Crippen LogP contribution in [0.5, 0.6) is 0 Å². The molecule has 21 heavy (non-hydrogen) atoms. The molecule has 0 saturated carbocycles. The third kappa shape index (κ3) is 5.14. The number of carbonyl (C=O) groups is 1. The lowest BCUT2D eigenvalue weighted by Gasteiger charge is -2.42. The molecule has 1 atom stereocenters. The molecule has 7 heteroatoms. The van der Waals surface area contributed by atoms with E-state index in [0.717, 1.165) is 10.1 Å². The van der Waals surface area contributed by atoms with E-state index in [2.05, 4.69) is 0 Å². The van der Waals surface area contributed by atoms with Crippen molar-refractivity contribution in [2.45, 2.75) is 31.3 Å². The van der Waals surface area contributed by atoms with Gasteiger partial charge in [0.15, 0.2) is 0 Å². The Kier molecular flexibility index (Phi) is 5.96. The van der Waals surface area contributed by atoms with Crippen molar-refractivity contribution >= 4 is 40.6 Å². The molecular weight excluding hydrogens is 330 g/mol. The Hall–Kier alpha value is -0.270. The number of thioether (sulfide) groups is 1. The summed E-state index contributed by atoms with van der Waals surface area (Å²) in [6.07, 6.45) is -0.293. The third-order valence-corrected chi connectivity index (χ3v) is 5.52. The van der Waals surface area contributed by atoms with E-state index in [1.54, 1.807) is 28.0 Å². The zero-order chi connectivity index (χ0) is 15.5. The highest BCUT2D eigenvalue weighted by atomic mass is 35.5. The summed E-state index contributed by atoms with van der Waals surface area (Å²) in [4.78, 5) is 15.3. The second kappa shape index (κ2) is 7.33. The molecule has 2 heterocycles. The number of rotatable bonds is 5. The van der Waals surface area contributed by atoms with Crippen LogP contribution in [0, 0.1) is 0 Å². The number of amides is 1. The van der Waals surface area contributed by atoms with Gasteiger partial charge < -0.3 is 14.7 Å². The van der Waals surface area contributed by atoms with Crippen molar-refractivity contribution in [3.63, 3.8) is 0 Å². The van der Waals surface area contributed by atoms with Gasteiger partial charge in [-0.2, -0.15) is 0 Å². The number of halogens is 1. The van der Waals surface area contributed by atoms with Gasteiger partial charge in [-0.1, -0.05) is 11.6 Å². The zero-order valence-electron chi connectivity index (χ0n) is 12.2. The van der Waals surface area contributed by atoms with Crippen LogP contribution >= 0.6 is 34.7 Å². The number of hydrogen-bond acceptors (Lipinski definition) is 5. The molecule has 1 amide bonds. The van der Waals surface area contributed by atoms with Gasteiger partial charge in [0.2, 0.25) is 5.91 Å². The third-order valence-electron chi connectivity index (χ3n) is 3.14. The average molecular weight is 350 g/mol. The van der Waals surface area contributed by atoms with E-state index in [4.69, 9.17) is 16.3 Å². The van der Waals surface area contributed by atoms with E-state index in [1.807, 2.05) is 26.0 Å². The minimum Gasteiger partial charge on any atom is -0.394 e. The van der Waals surface area contributed by atoms with Crippen LogP contribution in [-0.2, 0) is 15.3 Å². The Morgan fingerprint density at radius 3 is 3.00 bits per heavy atom. The maximum absolute atomic E-state index is 12.3. The van der Waals surface area contributed by atoms with Crippen LogP contribution in [0.1, 0.15) is 18.7 Å². The molecule has 1 aliphatic heterocycles. The van der Waals surface area contributed by atoms with Gasteiger partial charge in [-0.15, -0.1) is 23.1 Å². The fourth-order valence-corrected chi connectivity index (χ4v) is 4.47. The largest absolute Gasteiger partial charge is 0.394 e. The fraction of sp³-hybridized carbons (Fsp3) is 0.643. The van der Waals surface area contributed by atoms with E-state index >= 15 is 0 Å². The lowest BCUT2D eigenvalue weighted by molar-refractivity contribution is -0.165. The van der Waals surface area contributed by atoms with Gasteiger partial charge >= 0.3 is 0 Å². The summed E-state index contributed by atoms with van der Waals surface area (Å²) >= 11 is 9.02. The van der Waals surface area contributed by atoms with Gasteiger partial charge in [0.1, 0.15) is 0 Å². The van der Waals surface area contributed by atoms with Gasteiger partial charge in [0, 0.05) is 23.7 Å². The highest BCUT2D eigenvalue weighted by Crippen LogP contribution is 2.26. The van der Waals surface area contributed by atoms with E-state index in [9.17, 15) is 9.90 Å². The highest BCUT2D eigenvalue weighted by Gasteiger charge is 2.35. The molecule has 1 fully saturated rings. The molecule has 1 unspecified atom stereocenters. The summed E-state index contributed by atoms with van der Waals surface area (Å²) in [6, 6.07) is 3.87. The van der Waals surface area contributed by atoms with Crippen molar-refractivity contribution in [1.29, 1.82) is 0 Å². The van der Waals surface area contributed by atoms with Gasteiger partial charge in [0.05, 0.1) is 28.4 Å². The number of thiophene rings is 1. The number of nitrogens with zero attached hydrogens (tertiary/aromatic N) is 1. The van der Waals surface area contributed by atoms with Crippen molar-refractivity contribution in [2.24, 2.45) is 0 Å². The normalized spacial score (nSPS) is 21.5. The molecule has 0 aromatic carbocycles. The number of morpholine rings is 1. The van der Waals surface area contributed by atoms with E-state index in [-0.39, 0.29) is 18.6 Å². The molecule has 118 valence electrons. The van der Waals surface area contributed by atoms with Crippen LogP contribution in [0.3, 0.4) is 0 Å². The molecule has 1 aliphatic rings. The number of aliphatic hydroxyl groups excluding tert-OH is 1. The Balaban J connectivity index is 1.82. The molecule has 1 saturated heterocycles. The van der Waals surface area contributed by atoms with Gasteiger partial charge in [-0.05, 0) is 26.0 Å². The van der Waals surface area contributed by atoms with Crippen LogP contribution in [-0.4, -0.2) is 53.1 Å². The zero-order valence-corrected chi connectivity index (χ0v) is 14.6. The Labute approximate surface area is 138 Å². The van der Waals surface area contributed by atoms with Crippen molar-refractivity contribution < 1.29 is 14.6 Å². The molecule has 0 aliphatic carbocycles. The molecule has 0 radical (unpaired) electrons. The Bertz CT molecular complexity index is 492. The molecule has 1 aromatic rings. The van der Waals surface area contributed by atoms with Gasteiger partial charge in [-0.25, -0.2) is 0 Å². The van der Waals surface area contributed by atoms with Gasteiger partial charge in [-0.3, -0.25) is 4.79 Å². The number of carbonyl (C=O) groups excluding carboxylic acids is 1. The first kappa shape index (κ1) is 17.1.